The van der Waals surface area contributed by atoms with Crippen molar-refractivity contribution < 1.29 is 14.3 Å². The van der Waals surface area contributed by atoms with E-state index < -0.39 is 5.97 Å². The summed E-state index contributed by atoms with van der Waals surface area (Å²) in [6.45, 7) is 4.28. The third-order valence-corrected chi connectivity index (χ3v) is 3.63. The number of amides is 1. The number of carbonyl (C=O) groups excluding carboxylic acids is 2. The third-order valence-electron chi connectivity index (χ3n) is 2.64. The van der Waals surface area contributed by atoms with Crippen LogP contribution >= 0.6 is 11.3 Å². The molecule has 1 aromatic rings. The van der Waals surface area contributed by atoms with Crippen LogP contribution in [0.3, 0.4) is 0 Å². The zero-order chi connectivity index (χ0) is 13.3. The molecule has 98 valence electrons. The van der Waals surface area contributed by atoms with Gasteiger partial charge in [0, 0.05) is 23.9 Å². The molecule has 1 atom stereocenters. The van der Waals surface area contributed by atoms with Crippen LogP contribution < -0.4 is 10.6 Å². The van der Waals surface area contributed by atoms with E-state index in [0.29, 0.717) is 24.7 Å². The first kappa shape index (κ1) is 13.0. The Bertz CT molecular complexity index is 486. The van der Waals surface area contributed by atoms with Crippen molar-refractivity contribution in [2.45, 2.75) is 26.3 Å². The van der Waals surface area contributed by atoms with E-state index in [-0.39, 0.29) is 17.6 Å². The van der Waals surface area contributed by atoms with Crippen LogP contribution in [0.15, 0.2) is 0 Å². The maximum Gasteiger partial charge on any atom is 0.358 e. The summed E-state index contributed by atoms with van der Waals surface area (Å²) in [6.07, 6.45) is 0.327. The average molecular weight is 269 g/mol. The molecule has 1 fully saturated rings. The number of rotatable bonds is 3. The van der Waals surface area contributed by atoms with E-state index in [4.69, 9.17) is 10.5 Å². The number of anilines is 1. The fourth-order valence-electron chi connectivity index (χ4n) is 1.81. The van der Waals surface area contributed by atoms with E-state index in [1.54, 1.807) is 13.8 Å². The lowest BCUT2D eigenvalue weighted by Crippen LogP contribution is -2.27. The highest BCUT2D eigenvalue weighted by molar-refractivity contribution is 7.16. The molecule has 2 heterocycles. The van der Waals surface area contributed by atoms with Crippen molar-refractivity contribution in [3.63, 3.8) is 0 Å². The zero-order valence-corrected chi connectivity index (χ0v) is 11.1. The van der Waals surface area contributed by atoms with Crippen molar-refractivity contribution >= 4 is 28.3 Å². The number of hydrogen-bond acceptors (Lipinski definition) is 6. The summed E-state index contributed by atoms with van der Waals surface area (Å²) in [7, 11) is 0. The predicted octanol–water partition coefficient (Wildman–Crippen LogP) is 0.692. The summed E-state index contributed by atoms with van der Waals surface area (Å²) in [5.41, 5.74) is 6.01. The van der Waals surface area contributed by atoms with Crippen molar-refractivity contribution in [3.8, 4) is 0 Å². The Morgan fingerprint density at radius 1 is 1.67 bits per heavy atom. The number of carbonyl (C=O) groups is 2. The first-order valence-corrected chi connectivity index (χ1v) is 6.55. The zero-order valence-electron chi connectivity index (χ0n) is 10.3. The minimum Gasteiger partial charge on any atom is -0.461 e. The molecule has 0 spiro atoms. The minimum atomic E-state index is -0.451. The summed E-state index contributed by atoms with van der Waals surface area (Å²) < 4.78 is 4.91. The Labute approximate surface area is 109 Å². The highest BCUT2D eigenvalue weighted by atomic mass is 32.1. The van der Waals surface area contributed by atoms with Gasteiger partial charge in [-0.15, -0.1) is 11.3 Å². The Hall–Kier alpha value is -1.47. The number of hydrogen-bond donors (Lipinski definition) is 1. The standard InChI is InChI=1S/C11H15N3O3S/c1-3-17-10(16)9-6(2)18-11(13-9)14-5-7(12)4-8(14)15/h7H,3-5,12H2,1-2H3. The molecule has 18 heavy (non-hydrogen) atoms. The Kier molecular flexibility index (Phi) is 3.63. The van der Waals surface area contributed by atoms with Crippen molar-refractivity contribution in [3.05, 3.63) is 10.6 Å². The third kappa shape index (κ3) is 2.37. The summed E-state index contributed by atoms with van der Waals surface area (Å²) >= 11 is 1.31. The van der Waals surface area contributed by atoms with Crippen molar-refractivity contribution in [2.24, 2.45) is 5.73 Å². The molecule has 0 saturated carbocycles. The van der Waals surface area contributed by atoms with Gasteiger partial charge in [0.05, 0.1) is 6.61 Å². The molecule has 2 N–H and O–H groups in total. The molecule has 6 nitrogen and oxygen atoms in total. The second-order valence-corrected chi connectivity index (χ2v) is 5.27. The number of ether oxygens (including phenoxy) is 1. The quantitative estimate of drug-likeness (QED) is 0.816. The molecule has 0 bridgehead atoms. The van der Waals surface area contributed by atoms with Crippen LogP contribution in [0.2, 0.25) is 0 Å². The SMILES string of the molecule is CCOC(=O)c1nc(N2CC(N)CC2=O)sc1C. The first-order valence-electron chi connectivity index (χ1n) is 5.73. The molecule has 1 saturated heterocycles. The van der Waals surface area contributed by atoms with Crippen LogP contribution in [0.25, 0.3) is 0 Å². The molecule has 1 aromatic heterocycles. The number of esters is 1. The number of thiazole rings is 1. The molecular formula is C11H15N3O3S. The Balaban J connectivity index is 2.23. The van der Waals surface area contributed by atoms with E-state index in [0.717, 1.165) is 4.88 Å². The van der Waals surface area contributed by atoms with Gasteiger partial charge in [-0.25, -0.2) is 9.78 Å². The van der Waals surface area contributed by atoms with E-state index in [2.05, 4.69) is 4.98 Å². The molecule has 0 radical (unpaired) electrons. The van der Waals surface area contributed by atoms with Crippen LogP contribution in [0.1, 0.15) is 28.7 Å². The molecule has 1 amide bonds. The molecule has 7 heteroatoms. The summed E-state index contributed by atoms with van der Waals surface area (Å²) in [5.74, 6) is -0.500. The van der Waals surface area contributed by atoms with Gasteiger partial charge >= 0.3 is 5.97 Å². The van der Waals surface area contributed by atoms with Crippen LogP contribution in [0, 0.1) is 6.92 Å². The van der Waals surface area contributed by atoms with Crippen LogP contribution in [-0.4, -0.2) is 36.1 Å². The van der Waals surface area contributed by atoms with Crippen LogP contribution in [0.5, 0.6) is 0 Å². The minimum absolute atomic E-state index is 0.0494. The lowest BCUT2D eigenvalue weighted by molar-refractivity contribution is -0.117. The summed E-state index contributed by atoms with van der Waals surface area (Å²) in [6, 6.07) is -0.159. The fraction of sp³-hybridized carbons (Fsp3) is 0.545. The second kappa shape index (κ2) is 5.03. The molecule has 1 unspecified atom stereocenters. The van der Waals surface area contributed by atoms with E-state index in [1.165, 1.54) is 16.2 Å². The largest absolute Gasteiger partial charge is 0.461 e. The Morgan fingerprint density at radius 2 is 2.39 bits per heavy atom. The van der Waals surface area contributed by atoms with Crippen molar-refractivity contribution in [1.29, 1.82) is 0 Å². The number of aryl methyl sites for hydroxylation is 1. The Morgan fingerprint density at radius 3 is 2.94 bits per heavy atom. The van der Waals surface area contributed by atoms with Crippen LogP contribution in [0.4, 0.5) is 5.13 Å². The number of nitrogens with two attached hydrogens (primary N) is 1. The summed E-state index contributed by atoms with van der Waals surface area (Å²) in [5, 5.41) is 0.522. The fourth-order valence-corrected chi connectivity index (χ4v) is 2.73. The number of nitrogens with zero attached hydrogens (tertiary/aromatic N) is 2. The molecule has 1 aliphatic heterocycles. The monoisotopic (exact) mass is 269 g/mol. The molecule has 0 aliphatic carbocycles. The van der Waals surface area contributed by atoms with E-state index in [9.17, 15) is 9.59 Å². The van der Waals surface area contributed by atoms with Gasteiger partial charge in [0.25, 0.3) is 0 Å². The summed E-state index contributed by atoms with van der Waals surface area (Å²) in [4.78, 5) is 29.8. The van der Waals surface area contributed by atoms with E-state index >= 15 is 0 Å². The predicted molar refractivity (Wildman–Crippen MR) is 67.8 cm³/mol. The highest BCUT2D eigenvalue weighted by Crippen LogP contribution is 2.29. The van der Waals surface area contributed by atoms with Gasteiger partial charge in [-0.05, 0) is 13.8 Å². The first-order chi connectivity index (χ1) is 8.52. The van der Waals surface area contributed by atoms with Gasteiger partial charge in [-0.1, -0.05) is 0 Å². The molecule has 1 aliphatic rings. The lowest BCUT2D eigenvalue weighted by atomic mass is 10.3. The highest BCUT2D eigenvalue weighted by Gasteiger charge is 2.31. The van der Waals surface area contributed by atoms with Gasteiger partial charge in [0.1, 0.15) is 0 Å². The van der Waals surface area contributed by atoms with Gasteiger partial charge in [0.2, 0.25) is 5.91 Å². The second-order valence-electron chi connectivity index (χ2n) is 4.09. The smallest absolute Gasteiger partial charge is 0.358 e. The van der Waals surface area contributed by atoms with Crippen LogP contribution in [-0.2, 0) is 9.53 Å². The van der Waals surface area contributed by atoms with Crippen molar-refractivity contribution in [2.75, 3.05) is 18.1 Å². The average Bonchev–Trinajstić information content (AvgIpc) is 2.82. The normalized spacial score (nSPS) is 19.4. The van der Waals surface area contributed by atoms with Gasteiger partial charge in [0.15, 0.2) is 10.8 Å². The molecule has 2 rings (SSSR count). The maximum atomic E-state index is 11.7. The maximum absolute atomic E-state index is 11.7. The van der Waals surface area contributed by atoms with E-state index in [1.807, 2.05) is 0 Å². The van der Waals surface area contributed by atoms with Gasteiger partial charge in [-0.2, -0.15) is 0 Å². The van der Waals surface area contributed by atoms with Gasteiger partial charge in [-0.3, -0.25) is 9.69 Å². The number of aromatic nitrogens is 1. The molecular weight excluding hydrogens is 254 g/mol. The molecule has 0 aromatic carbocycles. The topological polar surface area (TPSA) is 85.5 Å². The lowest BCUT2D eigenvalue weighted by Gasteiger charge is -2.10. The van der Waals surface area contributed by atoms with Crippen molar-refractivity contribution in [1.82, 2.24) is 4.98 Å². The van der Waals surface area contributed by atoms with Gasteiger partial charge < -0.3 is 10.5 Å².